The van der Waals surface area contributed by atoms with Crippen LogP contribution >= 0.6 is 15.9 Å². The highest BCUT2D eigenvalue weighted by Gasteiger charge is 2.18. The molecule has 0 radical (unpaired) electrons. The summed E-state index contributed by atoms with van der Waals surface area (Å²) in [4.78, 5) is 11.3. The lowest BCUT2D eigenvalue weighted by molar-refractivity contribution is -0.149. The van der Waals surface area contributed by atoms with Crippen molar-refractivity contribution >= 4 is 21.9 Å². The molecule has 0 aliphatic rings. The van der Waals surface area contributed by atoms with Crippen LogP contribution in [0.3, 0.4) is 0 Å². The molecular formula is C25H27BrO6. The van der Waals surface area contributed by atoms with E-state index in [1.165, 1.54) is 0 Å². The van der Waals surface area contributed by atoms with E-state index in [1.807, 2.05) is 43.3 Å². The van der Waals surface area contributed by atoms with Gasteiger partial charge < -0.3 is 24.1 Å². The molecule has 170 valence electrons. The van der Waals surface area contributed by atoms with Gasteiger partial charge in [0.25, 0.3) is 0 Å². The molecule has 0 unspecified atom stereocenters. The van der Waals surface area contributed by atoms with Crippen LogP contribution in [0, 0.1) is 11.8 Å². The minimum absolute atomic E-state index is 0.283. The predicted molar refractivity (Wildman–Crippen MR) is 127 cm³/mol. The lowest BCUT2D eigenvalue weighted by atomic mass is 10.1. The molecule has 1 N–H and O–H groups in total. The number of allylic oxidation sites excluding steroid dienone is 1. The van der Waals surface area contributed by atoms with Gasteiger partial charge in [-0.25, -0.2) is 4.79 Å². The van der Waals surface area contributed by atoms with Crippen molar-refractivity contribution in [3.63, 3.8) is 0 Å². The van der Waals surface area contributed by atoms with Crippen LogP contribution in [0.1, 0.15) is 25.0 Å². The predicted octanol–water partition coefficient (Wildman–Crippen LogP) is 4.88. The summed E-state index contributed by atoms with van der Waals surface area (Å²) in [6.07, 6.45) is 1.30. The fraction of sp³-hybridized carbons (Fsp3) is 0.320. The number of carboxylic acids is 1. The highest BCUT2D eigenvalue weighted by Crippen LogP contribution is 2.27. The summed E-state index contributed by atoms with van der Waals surface area (Å²) in [5, 5.41) is 9.24. The Hall–Kier alpha value is -2.95. The number of methoxy groups -OCH3 is 2. The quantitative estimate of drug-likeness (QED) is 0.467. The zero-order valence-corrected chi connectivity index (χ0v) is 20.2. The van der Waals surface area contributed by atoms with Gasteiger partial charge in [0.1, 0.15) is 23.9 Å². The number of carbonyl (C=O) groups is 1. The molecule has 2 aromatic rings. The molecule has 0 saturated heterocycles. The van der Waals surface area contributed by atoms with E-state index in [2.05, 4.69) is 27.8 Å². The Labute approximate surface area is 197 Å². The average Bonchev–Trinajstić information content (AvgIpc) is 2.78. The van der Waals surface area contributed by atoms with Gasteiger partial charge in [-0.2, -0.15) is 0 Å². The molecule has 0 aliphatic heterocycles. The van der Waals surface area contributed by atoms with E-state index in [1.54, 1.807) is 27.2 Å². The molecule has 1 atom stereocenters. The number of aliphatic carboxylic acids is 1. The topological polar surface area (TPSA) is 74.2 Å². The van der Waals surface area contributed by atoms with Crippen molar-refractivity contribution in [2.24, 2.45) is 0 Å². The number of halogens is 1. The molecule has 0 aromatic heterocycles. The fourth-order valence-corrected chi connectivity index (χ4v) is 3.32. The van der Waals surface area contributed by atoms with E-state index in [0.717, 1.165) is 21.2 Å². The molecule has 2 rings (SSSR count). The van der Waals surface area contributed by atoms with E-state index >= 15 is 0 Å². The van der Waals surface area contributed by atoms with Crippen LogP contribution in [-0.4, -0.2) is 44.6 Å². The molecule has 0 heterocycles. The van der Waals surface area contributed by atoms with Gasteiger partial charge in [0.15, 0.2) is 6.10 Å². The largest absolute Gasteiger partial charge is 0.497 e. The molecule has 0 bridgehead atoms. The van der Waals surface area contributed by atoms with Crippen LogP contribution in [0.25, 0.3) is 0 Å². The second-order valence-corrected chi connectivity index (χ2v) is 7.65. The number of ether oxygens (including phenoxy) is 4. The second-order valence-electron chi connectivity index (χ2n) is 6.80. The smallest absolute Gasteiger partial charge is 0.333 e. The van der Waals surface area contributed by atoms with Crippen molar-refractivity contribution in [3.05, 3.63) is 63.6 Å². The third-order valence-corrected chi connectivity index (χ3v) is 5.06. The lowest BCUT2D eigenvalue weighted by Gasteiger charge is -2.13. The maximum Gasteiger partial charge on any atom is 0.333 e. The molecular weight excluding hydrogens is 476 g/mol. The third kappa shape index (κ3) is 7.95. The van der Waals surface area contributed by atoms with Crippen LogP contribution in [-0.2, 0) is 16.0 Å². The molecule has 32 heavy (non-hydrogen) atoms. The summed E-state index contributed by atoms with van der Waals surface area (Å²) in [6, 6.07) is 11.0. The van der Waals surface area contributed by atoms with E-state index in [0.29, 0.717) is 30.5 Å². The van der Waals surface area contributed by atoms with Crippen molar-refractivity contribution in [2.45, 2.75) is 26.4 Å². The van der Waals surface area contributed by atoms with E-state index in [-0.39, 0.29) is 6.42 Å². The number of rotatable bonds is 10. The van der Waals surface area contributed by atoms with Gasteiger partial charge in [-0.1, -0.05) is 17.9 Å². The average molecular weight is 503 g/mol. The maximum atomic E-state index is 11.3. The van der Waals surface area contributed by atoms with Gasteiger partial charge in [0.05, 0.1) is 18.7 Å². The molecule has 6 nitrogen and oxygen atoms in total. The van der Waals surface area contributed by atoms with Crippen LogP contribution in [0.5, 0.6) is 17.2 Å². The van der Waals surface area contributed by atoms with Crippen LogP contribution < -0.4 is 14.2 Å². The summed E-state index contributed by atoms with van der Waals surface area (Å²) >= 11 is 3.48. The lowest BCUT2D eigenvalue weighted by Crippen LogP contribution is -2.26. The first-order chi connectivity index (χ1) is 15.4. The minimum atomic E-state index is -0.975. The van der Waals surface area contributed by atoms with Crippen LogP contribution in [0.2, 0.25) is 0 Å². The van der Waals surface area contributed by atoms with Gasteiger partial charge in [-0.05, 0) is 71.3 Å². The van der Waals surface area contributed by atoms with Gasteiger partial charge >= 0.3 is 5.97 Å². The summed E-state index contributed by atoms with van der Waals surface area (Å²) in [5.41, 5.74) is 2.50. The Balaban J connectivity index is 1.99. The number of hydrogen-bond donors (Lipinski definition) is 1. The second kappa shape index (κ2) is 12.8. The molecule has 0 fully saturated rings. The molecule has 0 spiro atoms. The van der Waals surface area contributed by atoms with Gasteiger partial charge in [0.2, 0.25) is 0 Å². The van der Waals surface area contributed by atoms with Crippen LogP contribution in [0.15, 0.2) is 52.5 Å². The molecule has 0 saturated carbocycles. The summed E-state index contributed by atoms with van der Waals surface area (Å²) in [6.45, 7) is 4.37. The van der Waals surface area contributed by atoms with Crippen molar-refractivity contribution in [1.82, 2.24) is 0 Å². The minimum Gasteiger partial charge on any atom is -0.497 e. The standard InChI is InChI=1S/C25H27BrO6/c1-5-31-24(25(27)28)15-19-8-9-23(22(26)14-19)32-11-10-17(2)6-7-18-12-20(29-3)16-21(13-18)30-4/h8-10,12-14,16,24H,5,11,15H2,1-4H3,(H,27,28)/b17-10+/t24-/m0/s1. The molecule has 7 heteroatoms. The zero-order chi connectivity index (χ0) is 23.5. The SMILES string of the molecule is CCO[C@@H](Cc1ccc(OC/C=C(\C)C#Cc2cc(OC)cc(OC)c2)c(Br)c1)C(=O)O. The van der Waals surface area contributed by atoms with E-state index < -0.39 is 12.1 Å². The van der Waals surface area contributed by atoms with Crippen molar-refractivity contribution in [2.75, 3.05) is 27.4 Å². The van der Waals surface area contributed by atoms with E-state index in [4.69, 9.17) is 18.9 Å². The Morgan fingerprint density at radius 1 is 1.16 bits per heavy atom. The zero-order valence-electron chi connectivity index (χ0n) is 18.6. The number of hydrogen-bond acceptors (Lipinski definition) is 5. The molecule has 0 aliphatic carbocycles. The van der Waals surface area contributed by atoms with Crippen molar-refractivity contribution in [3.8, 4) is 29.1 Å². The van der Waals surface area contributed by atoms with Crippen molar-refractivity contribution < 1.29 is 28.8 Å². The normalized spacial score (nSPS) is 11.8. The first kappa shape index (κ1) is 25.3. The Kier molecular flexibility index (Phi) is 10.1. The maximum absolute atomic E-state index is 11.3. The molecule has 0 amide bonds. The van der Waals surface area contributed by atoms with Gasteiger partial charge in [-0.15, -0.1) is 0 Å². The summed E-state index contributed by atoms with van der Waals surface area (Å²) in [7, 11) is 3.20. The molecule has 2 aromatic carbocycles. The first-order valence-corrected chi connectivity index (χ1v) is 10.8. The van der Waals surface area contributed by atoms with E-state index in [9.17, 15) is 9.90 Å². The fourth-order valence-electron chi connectivity index (χ4n) is 2.78. The Morgan fingerprint density at radius 3 is 2.41 bits per heavy atom. The number of benzene rings is 2. The van der Waals surface area contributed by atoms with Crippen LogP contribution in [0.4, 0.5) is 0 Å². The van der Waals surface area contributed by atoms with Crippen molar-refractivity contribution in [1.29, 1.82) is 0 Å². The monoisotopic (exact) mass is 502 g/mol. The first-order valence-electron chi connectivity index (χ1n) is 10.0. The Bertz CT molecular complexity index is 997. The van der Waals surface area contributed by atoms with Gasteiger partial charge in [0, 0.05) is 24.7 Å². The highest BCUT2D eigenvalue weighted by molar-refractivity contribution is 9.10. The Morgan fingerprint density at radius 2 is 1.84 bits per heavy atom. The third-order valence-electron chi connectivity index (χ3n) is 4.44. The number of carboxylic acid groups (broad SMARTS) is 1. The summed E-state index contributed by atoms with van der Waals surface area (Å²) < 4.78 is 22.3. The summed E-state index contributed by atoms with van der Waals surface area (Å²) in [5.74, 6) is 7.24. The van der Waals surface area contributed by atoms with Gasteiger partial charge in [-0.3, -0.25) is 0 Å². The highest BCUT2D eigenvalue weighted by atomic mass is 79.9.